The van der Waals surface area contributed by atoms with E-state index in [0.717, 1.165) is 26.6 Å². The molecule has 0 aromatic heterocycles. The fourth-order valence-corrected chi connectivity index (χ4v) is 2.33. The predicted molar refractivity (Wildman–Crippen MR) is 65.8 cm³/mol. The van der Waals surface area contributed by atoms with E-state index in [2.05, 4.69) is 37.2 Å². The van der Waals surface area contributed by atoms with Crippen molar-refractivity contribution in [3.8, 4) is 0 Å². The van der Waals surface area contributed by atoms with E-state index in [-0.39, 0.29) is 5.91 Å². The summed E-state index contributed by atoms with van der Waals surface area (Å²) in [6, 6.07) is 3.98. The van der Waals surface area contributed by atoms with Gasteiger partial charge in [0.2, 0.25) is 5.91 Å². The Morgan fingerprint density at radius 1 is 1.50 bits per heavy atom. The molecule has 1 rings (SSSR count). The lowest BCUT2D eigenvalue weighted by molar-refractivity contribution is -0.114. The summed E-state index contributed by atoms with van der Waals surface area (Å²) in [5, 5.41) is 3.56. The summed E-state index contributed by atoms with van der Waals surface area (Å²) in [5.74, 6) is -0.0439. The van der Waals surface area contributed by atoms with Crippen LogP contribution >= 0.6 is 31.9 Å². The SMILES string of the molecule is CC(=O)Nc1c(C)cc(Br)cc1CBr. The molecule has 0 saturated heterocycles. The van der Waals surface area contributed by atoms with Crippen LogP contribution in [0.4, 0.5) is 5.69 Å². The van der Waals surface area contributed by atoms with Gasteiger partial charge in [0.05, 0.1) is 0 Å². The number of anilines is 1. The molecule has 0 bridgehead atoms. The first-order valence-electron chi connectivity index (χ1n) is 4.17. The van der Waals surface area contributed by atoms with Crippen LogP contribution in [0.1, 0.15) is 18.1 Å². The zero-order valence-electron chi connectivity index (χ0n) is 8.03. The van der Waals surface area contributed by atoms with E-state index in [4.69, 9.17) is 0 Å². The van der Waals surface area contributed by atoms with Crippen LogP contribution in [0.2, 0.25) is 0 Å². The molecule has 14 heavy (non-hydrogen) atoms. The summed E-state index contributed by atoms with van der Waals surface area (Å²) >= 11 is 6.82. The minimum atomic E-state index is -0.0439. The second-order valence-corrected chi connectivity index (χ2v) is 4.55. The quantitative estimate of drug-likeness (QED) is 0.829. The number of rotatable bonds is 2. The summed E-state index contributed by atoms with van der Waals surface area (Å²) in [5.41, 5.74) is 3.04. The Kier molecular flexibility index (Phi) is 4.13. The molecule has 0 atom stereocenters. The number of carbonyl (C=O) groups is 1. The first-order valence-corrected chi connectivity index (χ1v) is 6.08. The van der Waals surface area contributed by atoms with E-state index >= 15 is 0 Å². The summed E-state index contributed by atoms with van der Waals surface area (Å²) < 4.78 is 1.03. The highest BCUT2D eigenvalue weighted by Gasteiger charge is 2.07. The van der Waals surface area contributed by atoms with Crippen molar-refractivity contribution < 1.29 is 4.79 Å². The topological polar surface area (TPSA) is 29.1 Å². The Balaban J connectivity index is 3.18. The average Bonchev–Trinajstić information content (AvgIpc) is 2.08. The maximum atomic E-state index is 11.0. The van der Waals surface area contributed by atoms with Crippen LogP contribution in [-0.4, -0.2) is 5.91 Å². The third kappa shape index (κ3) is 2.82. The smallest absolute Gasteiger partial charge is 0.221 e. The van der Waals surface area contributed by atoms with Crippen LogP contribution in [0.3, 0.4) is 0 Å². The molecule has 0 fully saturated rings. The van der Waals surface area contributed by atoms with Gasteiger partial charge in [0.1, 0.15) is 0 Å². The Morgan fingerprint density at radius 3 is 2.64 bits per heavy atom. The Morgan fingerprint density at radius 2 is 2.14 bits per heavy atom. The van der Waals surface area contributed by atoms with Crippen molar-refractivity contribution in [2.75, 3.05) is 5.32 Å². The van der Waals surface area contributed by atoms with Gasteiger partial charge in [-0.1, -0.05) is 31.9 Å². The molecular formula is C10H11Br2NO. The Hall–Kier alpha value is -0.350. The van der Waals surface area contributed by atoms with Gasteiger partial charge in [0, 0.05) is 22.4 Å². The number of aryl methyl sites for hydroxylation is 1. The molecule has 0 radical (unpaired) electrons. The van der Waals surface area contributed by atoms with Gasteiger partial charge in [-0.15, -0.1) is 0 Å². The average molecular weight is 321 g/mol. The third-order valence-electron chi connectivity index (χ3n) is 1.83. The minimum absolute atomic E-state index is 0.0439. The highest BCUT2D eigenvalue weighted by molar-refractivity contribution is 9.10. The van der Waals surface area contributed by atoms with Crippen LogP contribution < -0.4 is 5.32 Å². The van der Waals surface area contributed by atoms with Gasteiger partial charge >= 0.3 is 0 Å². The fourth-order valence-electron chi connectivity index (χ4n) is 1.27. The minimum Gasteiger partial charge on any atom is -0.326 e. The van der Waals surface area contributed by atoms with Crippen LogP contribution in [0.5, 0.6) is 0 Å². The maximum Gasteiger partial charge on any atom is 0.221 e. The first-order chi connectivity index (χ1) is 6.54. The highest BCUT2D eigenvalue weighted by Crippen LogP contribution is 2.27. The Labute approximate surface area is 100 Å². The van der Waals surface area contributed by atoms with Crippen molar-refractivity contribution in [1.82, 2.24) is 0 Å². The highest BCUT2D eigenvalue weighted by atomic mass is 79.9. The molecule has 0 unspecified atom stereocenters. The van der Waals surface area contributed by atoms with Crippen LogP contribution in [0.25, 0.3) is 0 Å². The largest absolute Gasteiger partial charge is 0.326 e. The standard InChI is InChI=1S/C10H11Br2NO/c1-6-3-9(12)4-8(5-11)10(6)13-7(2)14/h3-4H,5H2,1-2H3,(H,13,14). The van der Waals surface area contributed by atoms with E-state index in [0.29, 0.717) is 0 Å². The number of hydrogen-bond donors (Lipinski definition) is 1. The number of hydrogen-bond acceptors (Lipinski definition) is 1. The van der Waals surface area contributed by atoms with Gasteiger partial charge < -0.3 is 5.32 Å². The number of nitrogens with one attached hydrogen (secondary N) is 1. The van der Waals surface area contributed by atoms with Gasteiger partial charge in [-0.05, 0) is 30.2 Å². The monoisotopic (exact) mass is 319 g/mol. The van der Waals surface area contributed by atoms with Gasteiger partial charge in [-0.25, -0.2) is 0 Å². The van der Waals surface area contributed by atoms with Gasteiger partial charge in [-0.2, -0.15) is 0 Å². The van der Waals surface area contributed by atoms with Gasteiger partial charge in [0.15, 0.2) is 0 Å². The molecule has 0 heterocycles. The molecule has 1 aromatic rings. The number of halogens is 2. The van der Waals surface area contributed by atoms with Crippen molar-refractivity contribution in [2.24, 2.45) is 0 Å². The van der Waals surface area contributed by atoms with E-state index in [1.165, 1.54) is 6.92 Å². The molecule has 4 heteroatoms. The van der Waals surface area contributed by atoms with Crippen LogP contribution in [0.15, 0.2) is 16.6 Å². The molecular weight excluding hydrogens is 310 g/mol. The maximum absolute atomic E-state index is 11.0. The molecule has 76 valence electrons. The van der Waals surface area contributed by atoms with Crippen LogP contribution in [-0.2, 0) is 10.1 Å². The number of alkyl halides is 1. The third-order valence-corrected chi connectivity index (χ3v) is 2.89. The lowest BCUT2D eigenvalue weighted by Gasteiger charge is -2.11. The molecule has 0 spiro atoms. The molecule has 0 aliphatic rings. The molecule has 0 aliphatic carbocycles. The van der Waals surface area contributed by atoms with E-state index in [1.54, 1.807) is 0 Å². The zero-order valence-corrected chi connectivity index (χ0v) is 11.2. The van der Waals surface area contributed by atoms with Crippen molar-refractivity contribution >= 4 is 43.5 Å². The van der Waals surface area contributed by atoms with Gasteiger partial charge in [0.25, 0.3) is 0 Å². The molecule has 0 aliphatic heterocycles. The lowest BCUT2D eigenvalue weighted by Crippen LogP contribution is -2.09. The molecule has 2 nitrogen and oxygen atoms in total. The number of carbonyl (C=O) groups excluding carboxylic acids is 1. The zero-order chi connectivity index (χ0) is 10.7. The summed E-state index contributed by atoms with van der Waals surface area (Å²) in [6.45, 7) is 3.49. The van der Waals surface area contributed by atoms with E-state index in [1.807, 2.05) is 19.1 Å². The summed E-state index contributed by atoms with van der Waals surface area (Å²) in [4.78, 5) is 11.0. The predicted octanol–water partition coefficient (Wildman–Crippen LogP) is 3.61. The molecule has 1 N–H and O–H groups in total. The van der Waals surface area contributed by atoms with E-state index < -0.39 is 0 Å². The summed E-state index contributed by atoms with van der Waals surface area (Å²) in [7, 11) is 0. The molecule has 1 aromatic carbocycles. The molecule has 0 saturated carbocycles. The van der Waals surface area contributed by atoms with Crippen molar-refractivity contribution in [2.45, 2.75) is 19.2 Å². The Bertz CT molecular complexity index is 363. The normalized spacial score (nSPS) is 10.0. The number of amides is 1. The van der Waals surface area contributed by atoms with Crippen molar-refractivity contribution in [3.05, 3.63) is 27.7 Å². The van der Waals surface area contributed by atoms with Crippen molar-refractivity contribution in [3.63, 3.8) is 0 Å². The first kappa shape index (κ1) is 11.7. The van der Waals surface area contributed by atoms with Crippen molar-refractivity contribution in [1.29, 1.82) is 0 Å². The molecule has 1 amide bonds. The van der Waals surface area contributed by atoms with E-state index in [9.17, 15) is 4.79 Å². The lowest BCUT2D eigenvalue weighted by atomic mass is 10.1. The van der Waals surface area contributed by atoms with Crippen LogP contribution in [0, 0.1) is 6.92 Å². The van der Waals surface area contributed by atoms with Gasteiger partial charge in [-0.3, -0.25) is 4.79 Å². The second-order valence-electron chi connectivity index (χ2n) is 3.07. The summed E-state index contributed by atoms with van der Waals surface area (Å²) in [6.07, 6.45) is 0. The number of benzene rings is 1. The second kappa shape index (κ2) is 4.94. The fraction of sp³-hybridized carbons (Fsp3) is 0.300.